The summed E-state index contributed by atoms with van der Waals surface area (Å²) in [6.45, 7) is 6.44. The second-order valence-corrected chi connectivity index (χ2v) is 12.8. The largest absolute Gasteiger partial charge is 0.508 e. The van der Waals surface area contributed by atoms with Crippen LogP contribution in [0.25, 0.3) is 22.2 Å². The number of aryl methyl sites for hydroxylation is 1. The summed E-state index contributed by atoms with van der Waals surface area (Å²) in [6.07, 6.45) is 6.48. The molecule has 0 aliphatic carbocycles. The Labute approximate surface area is 229 Å². The minimum atomic E-state index is -3.34. The lowest BCUT2D eigenvalue weighted by Gasteiger charge is -2.31. The van der Waals surface area contributed by atoms with Crippen molar-refractivity contribution in [3.8, 4) is 17.0 Å². The topological polar surface area (TPSA) is 102 Å². The highest BCUT2D eigenvalue weighted by molar-refractivity contribution is 7.91. The Kier molecular flexibility index (Phi) is 7.03. The van der Waals surface area contributed by atoms with E-state index in [1.807, 2.05) is 24.3 Å². The van der Waals surface area contributed by atoms with Crippen molar-refractivity contribution in [2.24, 2.45) is 0 Å². The van der Waals surface area contributed by atoms with Gasteiger partial charge in [-0.05, 0) is 105 Å². The predicted octanol–water partition coefficient (Wildman–Crippen LogP) is 4.72. The molecule has 39 heavy (non-hydrogen) atoms. The summed E-state index contributed by atoms with van der Waals surface area (Å²) >= 11 is 0. The molecule has 2 aliphatic rings. The van der Waals surface area contributed by atoms with Crippen LogP contribution in [0.1, 0.15) is 42.9 Å². The van der Waals surface area contributed by atoms with Gasteiger partial charge in [-0.3, -0.25) is 5.10 Å². The van der Waals surface area contributed by atoms with Crippen molar-refractivity contribution in [2.45, 2.75) is 50.5 Å². The van der Waals surface area contributed by atoms with E-state index in [1.54, 1.807) is 24.4 Å². The summed E-state index contributed by atoms with van der Waals surface area (Å²) < 4.78 is 26.4. The molecule has 2 aliphatic heterocycles. The van der Waals surface area contributed by atoms with Gasteiger partial charge in [0.05, 0.1) is 33.4 Å². The van der Waals surface area contributed by atoms with Crippen molar-refractivity contribution in [3.63, 3.8) is 0 Å². The molecule has 8 nitrogen and oxygen atoms in total. The van der Waals surface area contributed by atoms with E-state index in [0.29, 0.717) is 17.9 Å². The molecule has 2 aromatic carbocycles. The lowest BCUT2D eigenvalue weighted by molar-refractivity contribution is 0.340. The fourth-order valence-corrected chi connectivity index (χ4v) is 7.28. The molecule has 0 amide bonds. The second kappa shape index (κ2) is 10.6. The average molecular weight is 546 g/mol. The molecule has 0 bridgehead atoms. The molecule has 0 spiro atoms. The van der Waals surface area contributed by atoms with Crippen molar-refractivity contribution in [1.29, 1.82) is 0 Å². The number of fused-ring (bicyclic) bond motifs is 2. The molecule has 0 unspecified atom stereocenters. The SMILES string of the molecule is CCc1cc(O)ccc1-c1cc2[nH]ncc2c(N2CCc3ccc(S(=O)(=O)CCCN4CCCC4)cc3C2)n1. The van der Waals surface area contributed by atoms with Gasteiger partial charge >= 0.3 is 0 Å². The molecule has 4 heterocycles. The fourth-order valence-electron chi connectivity index (χ4n) is 5.94. The number of hydrogen-bond donors (Lipinski definition) is 2. The lowest BCUT2D eigenvalue weighted by atomic mass is 9.99. The van der Waals surface area contributed by atoms with E-state index >= 15 is 0 Å². The number of likely N-dealkylation sites (tertiary alicyclic amines) is 1. The summed E-state index contributed by atoms with van der Waals surface area (Å²) in [5, 5.41) is 18.3. The first-order chi connectivity index (χ1) is 18.9. The van der Waals surface area contributed by atoms with Crippen molar-refractivity contribution in [3.05, 3.63) is 65.4 Å². The van der Waals surface area contributed by atoms with E-state index < -0.39 is 9.84 Å². The minimum absolute atomic E-state index is 0.178. The average Bonchev–Trinajstić information content (AvgIpc) is 3.64. The Bertz CT molecular complexity index is 1610. The zero-order chi connectivity index (χ0) is 27.0. The van der Waals surface area contributed by atoms with E-state index in [-0.39, 0.29) is 11.5 Å². The molecule has 4 aromatic rings. The number of anilines is 1. The molecule has 6 rings (SSSR count). The van der Waals surface area contributed by atoms with Crippen molar-refractivity contribution in [1.82, 2.24) is 20.1 Å². The Morgan fingerprint density at radius 1 is 1.03 bits per heavy atom. The number of hydrogen-bond acceptors (Lipinski definition) is 7. The third-order valence-electron chi connectivity index (χ3n) is 8.10. The molecule has 1 saturated heterocycles. The fraction of sp³-hybridized carbons (Fsp3) is 0.400. The number of aromatic nitrogens is 3. The zero-order valence-corrected chi connectivity index (χ0v) is 23.2. The summed E-state index contributed by atoms with van der Waals surface area (Å²) in [5.74, 6) is 1.25. The van der Waals surface area contributed by atoms with Crippen LogP contribution in [-0.2, 0) is 29.2 Å². The molecule has 2 N–H and O–H groups in total. The van der Waals surface area contributed by atoms with Gasteiger partial charge in [-0.15, -0.1) is 0 Å². The van der Waals surface area contributed by atoms with E-state index in [2.05, 4.69) is 26.9 Å². The van der Waals surface area contributed by atoms with Crippen molar-refractivity contribution >= 4 is 26.6 Å². The second-order valence-electron chi connectivity index (χ2n) is 10.7. The first kappa shape index (κ1) is 25.8. The number of aromatic amines is 1. The summed E-state index contributed by atoms with van der Waals surface area (Å²) in [4.78, 5) is 10.1. The molecule has 9 heteroatoms. The smallest absolute Gasteiger partial charge is 0.178 e. The van der Waals surface area contributed by atoms with Crippen LogP contribution in [0.4, 0.5) is 5.82 Å². The molecule has 2 aromatic heterocycles. The Balaban J connectivity index is 1.28. The van der Waals surface area contributed by atoms with Gasteiger partial charge in [0.15, 0.2) is 9.84 Å². The third kappa shape index (κ3) is 5.25. The highest BCUT2D eigenvalue weighted by Crippen LogP contribution is 2.34. The van der Waals surface area contributed by atoms with Crippen LogP contribution in [-0.4, -0.2) is 65.5 Å². The number of pyridine rings is 1. The van der Waals surface area contributed by atoms with Gasteiger partial charge in [0.25, 0.3) is 0 Å². The molecule has 1 fully saturated rings. The number of benzene rings is 2. The zero-order valence-electron chi connectivity index (χ0n) is 22.4. The summed E-state index contributed by atoms with van der Waals surface area (Å²) in [6, 6.07) is 13.0. The molecule has 0 radical (unpaired) electrons. The van der Waals surface area contributed by atoms with Crippen molar-refractivity contribution < 1.29 is 13.5 Å². The molecular formula is C30H35N5O3S. The van der Waals surface area contributed by atoms with Crippen LogP contribution in [0.5, 0.6) is 5.75 Å². The lowest BCUT2D eigenvalue weighted by Crippen LogP contribution is -2.31. The maximum Gasteiger partial charge on any atom is 0.178 e. The van der Waals surface area contributed by atoms with Crippen LogP contribution >= 0.6 is 0 Å². The van der Waals surface area contributed by atoms with Crippen LogP contribution in [0.3, 0.4) is 0 Å². The Hall–Kier alpha value is -3.43. The molecular weight excluding hydrogens is 510 g/mol. The first-order valence-corrected chi connectivity index (χ1v) is 15.5. The number of sulfone groups is 1. The Morgan fingerprint density at radius 2 is 1.87 bits per heavy atom. The summed E-state index contributed by atoms with van der Waals surface area (Å²) in [5.41, 5.74) is 5.94. The Morgan fingerprint density at radius 3 is 2.69 bits per heavy atom. The molecule has 204 valence electrons. The number of rotatable bonds is 8. The van der Waals surface area contributed by atoms with E-state index in [4.69, 9.17) is 4.98 Å². The standard InChI is InChI=1S/C30H35N5O3S/c1-2-21-16-24(36)7-9-26(21)28-18-29-27(19-31-33-29)30(32-28)35-14-10-22-6-8-25(17-23(22)20-35)39(37,38)15-5-13-34-11-3-4-12-34/h6-9,16-19,36H,2-5,10-15,20H2,1H3,(H,31,33). The van der Waals surface area contributed by atoms with Crippen molar-refractivity contribution in [2.75, 3.05) is 36.8 Å². The number of nitrogens with one attached hydrogen (secondary N) is 1. The highest BCUT2D eigenvalue weighted by atomic mass is 32.2. The maximum absolute atomic E-state index is 13.2. The maximum atomic E-state index is 13.2. The van der Waals surface area contributed by atoms with Gasteiger partial charge in [-0.1, -0.05) is 13.0 Å². The normalized spacial score (nSPS) is 16.2. The van der Waals surface area contributed by atoms with E-state index in [1.165, 1.54) is 18.4 Å². The minimum Gasteiger partial charge on any atom is -0.508 e. The predicted molar refractivity (Wildman–Crippen MR) is 154 cm³/mol. The third-order valence-corrected chi connectivity index (χ3v) is 9.90. The molecule has 0 saturated carbocycles. The van der Waals surface area contributed by atoms with Crippen LogP contribution in [0.15, 0.2) is 53.6 Å². The van der Waals surface area contributed by atoms with Gasteiger partial charge < -0.3 is 14.9 Å². The number of aromatic hydroxyl groups is 1. The van der Waals surface area contributed by atoms with Gasteiger partial charge in [-0.25, -0.2) is 13.4 Å². The van der Waals surface area contributed by atoms with Gasteiger partial charge in [0.1, 0.15) is 11.6 Å². The number of phenolic OH excluding ortho intramolecular Hbond substituents is 1. The number of phenols is 1. The quantitative estimate of drug-likeness (QED) is 0.330. The van der Waals surface area contributed by atoms with Crippen LogP contribution in [0.2, 0.25) is 0 Å². The van der Waals surface area contributed by atoms with Gasteiger partial charge in [0.2, 0.25) is 0 Å². The van der Waals surface area contributed by atoms with Crippen LogP contribution in [0, 0.1) is 0 Å². The number of H-pyrrole nitrogens is 1. The molecule has 0 atom stereocenters. The highest BCUT2D eigenvalue weighted by Gasteiger charge is 2.24. The van der Waals surface area contributed by atoms with E-state index in [0.717, 1.165) is 78.1 Å². The van der Waals surface area contributed by atoms with Gasteiger partial charge in [-0.2, -0.15) is 5.10 Å². The van der Waals surface area contributed by atoms with Gasteiger partial charge in [0, 0.05) is 18.7 Å². The summed E-state index contributed by atoms with van der Waals surface area (Å²) in [7, 11) is -3.34. The monoisotopic (exact) mass is 545 g/mol. The van der Waals surface area contributed by atoms with Crippen LogP contribution < -0.4 is 4.90 Å². The van der Waals surface area contributed by atoms with E-state index in [9.17, 15) is 13.5 Å². The number of nitrogens with zero attached hydrogens (tertiary/aromatic N) is 4. The first-order valence-electron chi connectivity index (χ1n) is 13.9.